The molecule has 0 fully saturated rings. The molecule has 1 rings (SSSR count). The summed E-state index contributed by atoms with van der Waals surface area (Å²) in [6.45, 7) is 4.98. The van der Waals surface area contributed by atoms with E-state index in [4.69, 9.17) is 4.74 Å². The molecule has 0 atom stereocenters. The van der Waals surface area contributed by atoms with Gasteiger partial charge in [0.05, 0.1) is 11.1 Å². The van der Waals surface area contributed by atoms with E-state index >= 15 is 0 Å². The van der Waals surface area contributed by atoms with Crippen molar-refractivity contribution in [2.75, 3.05) is 6.61 Å². The largest absolute Gasteiger partial charge is 0.492 e. The lowest BCUT2D eigenvalue weighted by Gasteiger charge is -2.11. The second kappa shape index (κ2) is 11.7. The number of aldehydes is 1. The van der Waals surface area contributed by atoms with Gasteiger partial charge >= 0.3 is 0 Å². The van der Waals surface area contributed by atoms with Crippen LogP contribution in [0.4, 0.5) is 0 Å². The first-order valence-corrected chi connectivity index (χ1v) is 9.36. The predicted octanol–water partition coefficient (Wildman–Crippen LogP) is 6.48. The summed E-state index contributed by atoms with van der Waals surface area (Å²) in [6.07, 6.45) is 12.7. The highest BCUT2D eigenvalue weighted by Gasteiger charge is 2.07. The molecule has 2 nitrogen and oxygen atoms in total. The van der Waals surface area contributed by atoms with E-state index in [1.807, 2.05) is 19.1 Å². The van der Waals surface area contributed by atoms with Gasteiger partial charge in [-0.15, -0.1) is 0 Å². The van der Waals surface area contributed by atoms with Crippen LogP contribution in [0.2, 0.25) is 0 Å². The molecule has 3 heteroatoms. The molecule has 1 aromatic carbocycles. The lowest BCUT2D eigenvalue weighted by atomic mass is 10.1. The highest BCUT2D eigenvalue weighted by atomic mass is 79.9. The minimum absolute atomic E-state index is 0.680. The van der Waals surface area contributed by atoms with Crippen molar-refractivity contribution in [3.63, 3.8) is 0 Å². The van der Waals surface area contributed by atoms with E-state index in [9.17, 15) is 4.79 Å². The average molecular weight is 369 g/mol. The van der Waals surface area contributed by atoms with Crippen LogP contribution >= 0.6 is 15.9 Å². The molecule has 0 unspecified atom stereocenters. The third-order valence-corrected chi connectivity index (χ3v) is 4.47. The fraction of sp³-hybridized carbons (Fsp3) is 0.632. The fourth-order valence-corrected chi connectivity index (χ4v) is 3.29. The molecule has 22 heavy (non-hydrogen) atoms. The monoisotopic (exact) mass is 368 g/mol. The summed E-state index contributed by atoms with van der Waals surface area (Å²) in [5.41, 5.74) is 1.69. The molecule has 1 aromatic rings. The molecule has 0 spiro atoms. The summed E-state index contributed by atoms with van der Waals surface area (Å²) in [7, 11) is 0. The SMILES string of the molecule is CCCCCCCCCCCOc1c(C)cc(C=O)cc1Br. The van der Waals surface area contributed by atoms with E-state index in [-0.39, 0.29) is 0 Å². The molecular formula is C19H29BrO2. The Bertz CT molecular complexity index is 420. The van der Waals surface area contributed by atoms with Crippen LogP contribution in [0.5, 0.6) is 5.75 Å². The maximum Gasteiger partial charge on any atom is 0.150 e. The van der Waals surface area contributed by atoms with E-state index in [1.165, 1.54) is 51.4 Å². The fourth-order valence-electron chi connectivity index (χ4n) is 2.60. The van der Waals surface area contributed by atoms with Crippen LogP contribution in [0, 0.1) is 6.92 Å². The molecule has 124 valence electrons. The molecule has 0 heterocycles. The lowest BCUT2D eigenvalue weighted by molar-refractivity contribution is 0.112. The minimum atomic E-state index is 0.680. The molecule has 0 aliphatic rings. The Balaban J connectivity index is 2.14. The van der Waals surface area contributed by atoms with Crippen LogP contribution in [0.15, 0.2) is 16.6 Å². The average Bonchev–Trinajstić information content (AvgIpc) is 2.51. The van der Waals surface area contributed by atoms with E-state index in [2.05, 4.69) is 22.9 Å². The molecule has 0 saturated carbocycles. The molecular weight excluding hydrogens is 340 g/mol. The number of hydrogen-bond acceptors (Lipinski definition) is 2. The van der Waals surface area contributed by atoms with Gasteiger partial charge in [-0.3, -0.25) is 4.79 Å². The van der Waals surface area contributed by atoms with Crippen molar-refractivity contribution < 1.29 is 9.53 Å². The minimum Gasteiger partial charge on any atom is -0.492 e. The molecule has 0 bridgehead atoms. The number of rotatable bonds is 12. The van der Waals surface area contributed by atoms with Crippen LogP contribution in [-0.4, -0.2) is 12.9 Å². The molecule has 0 aliphatic heterocycles. The number of carbonyl (C=O) groups excluding carboxylic acids is 1. The molecule has 0 aromatic heterocycles. The van der Waals surface area contributed by atoms with Crippen molar-refractivity contribution in [1.29, 1.82) is 0 Å². The summed E-state index contributed by atoms with van der Waals surface area (Å²) in [5.74, 6) is 0.866. The highest BCUT2D eigenvalue weighted by molar-refractivity contribution is 9.10. The topological polar surface area (TPSA) is 26.3 Å². The summed E-state index contributed by atoms with van der Waals surface area (Å²) >= 11 is 3.48. The Morgan fingerprint density at radius 3 is 2.14 bits per heavy atom. The van der Waals surface area contributed by atoms with Gasteiger partial charge in [-0.1, -0.05) is 58.3 Å². The Hall–Kier alpha value is -0.830. The van der Waals surface area contributed by atoms with Gasteiger partial charge in [-0.25, -0.2) is 0 Å². The van der Waals surface area contributed by atoms with E-state index in [0.717, 1.165) is 35.1 Å². The van der Waals surface area contributed by atoms with Crippen molar-refractivity contribution in [3.05, 3.63) is 27.7 Å². The van der Waals surface area contributed by atoms with Gasteiger partial charge < -0.3 is 4.74 Å². The van der Waals surface area contributed by atoms with Crippen LogP contribution in [-0.2, 0) is 0 Å². The first-order valence-electron chi connectivity index (χ1n) is 8.57. The lowest BCUT2D eigenvalue weighted by Crippen LogP contribution is -2.00. The molecule has 0 amide bonds. The van der Waals surface area contributed by atoms with E-state index < -0.39 is 0 Å². The summed E-state index contributed by atoms with van der Waals surface area (Å²) < 4.78 is 6.73. The number of benzene rings is 1. The van der Waals surface area contributed by atoms with Crippen LogP contribution in [0.1, 0.15) is 80.6 Å². The van der Waals surface area contributed by atoms with Crippen molar-refractivity contribution in [3.8, 4) is 5.75 Å². The van der Waals surface area contributed by atoms with Crippen molar-refractivity contribution in [2.45, 2.75) is 71.6 Å². The van der Waals surface area contributed by atoms with Gasteiger partial charge in [0.2, 0.25) is 0 Å². The van der Waals surface area contributed by atoms with Crippen molar-refractivity contribution in [1.82, 2.24) is 0 Å². The van der Waals surface area contributed by atoms with Crippen molar-refractivity contribution >= 4 is 22.2 Å². The van der Waals surface area contributed by atoms with Gasteiger partial charge in [0.25, 0.3) is 0 Å². The van der Waals surface area contributed by atoms with E-state index in [0.29, 0.717) is 5.56 Å². The highest BCUT2D eigenvalue weighted by Crippen LogP contribution is 2.30. The van der Waals surface area contributed by atoms with Crippen molar-refractivity contribution in [2.24, 2.45) is 0 Å². The maximum absolute atomic E-state index is 10.8. The third kappa shape index (κ3) is 7.44. The van der Waals surface area contributed by atoms with Gasteiger partial charge in [0, 0.05) is 5.56 Å². The predicted molar refractivity (Wildman–Crippen MR) is 97.0 cm³/mol. The zero-order valence-corrected chi connectivity index (χ0v) is 15.6. The number of unbranched alkanes of at least 4 members (excludes halogenated alkanes) is 8. The number of hydrogen-bond donors (Lipinski definition) is 0. The number of halogens is 1. The van der Waals surface area contributed by atoms with Crippen LogP contribution in [0.3, 0.4) is 0 Å². The number of aryl methyl sites for hydroxylation is 1. The Morgan fingerprint density at radius 1 is 1.00 bits per heavy atom. The standard InChI is InChI=1S/C19H29BrO2/c1-3-4-5-6-7-8-9-10-11-12-22-19-16(2)13-17(15-21)14-18(19)20/h13-15H,3-12H2,1-2H3. The first kappa shape index (κ1) is 19.2. The van der Waals surface area contributed by atoms with Crippen LogP contribution in [0.25, 0.3) is 0 Å². The zero-order chi connectivity index (χ0) is 16.2. The maximum atomic E-state index is 10.8. The second-order valence-corrected chi connectivity index (χ2v) is 6.80. The Kier molecular flexibility index (Phi) is 10.2. The quantitative estimate of drug-likeness (QED) is 0.311. The summed E-state index contributed by atoms with van der Waals surface area (Å²) in [5, 5.41) is 0. The molecule has 0 N–H and O–H groups in total. The summed E-state index contributed by atoms with van der Waals surface area (Å²) in [4.78, 5) is 10.8. The van der Waals surface area contributed by atoms with Gasteiger partial charge in [0.1, 0.15) is 12.0 Å². The summed E-state index contributed by atoms with van der Waals surface area (Å²) in [6, 6.07) is 3.68. The number of carbonyl (C=O) groups is 1. The van der Waals surface area contributed by atoms with E-state index in [1.54, 1.807) is 0 Å². The number of ether oxygens (including phenoxy) is 1. The molecule has 0 saturated heterocycles. The smallest absolute Gasteiger partial charge is 0.150 e. The first-order chi connectivity index (χ1) is 10.7. The Morgan fingerprint density at radius 2 is 1.59 bits per heavy atom. The van der Waals surface area contributed by atoms with Crippen LogP contribution < -0.4 is 4.74 Å². The normalized spacial score (nSPS) is 10.7. The molecule has 0 radical (unpaired) electrons. The second-order valence-electron chi connectivity index (χ2n) is 5.94. The third-order valence-electron chi connectivity index (χ3n) is 3.88. The Labute approximate surface area is 143 Å². The van der Waals surface area contributed by atoms with Gasteiger partial charge in [-0.2, -0.15) is 0 Å². The zero-order valence-electron chi connectivity index (χ0n) is 14.0. The van der Waals surface area contributed by atoms with Gasteiger partial charge in [-0.05, 0) is 47.0 Å². The molecule has 0 aliphatic carbocycles. The van der Waals surface area contributed by atoms with Gasteiger partial charge in [0.15, 0.2) is 0 Å².